The van der Waals surface area contributed by atoms with Crippen molar-refractivity contribution >= 4 is 20.4 Å². The van der Waals surface area contributed by atoms with Crippen LogP contribution in [0.3, 0.4) is 0 Å². The number of amides is 1. The zero-order valence-electron chi connectivity index (χ0n) is 10.9. The van der Waals surface area contributed by atoms with E-state index in [1.54, 1.807) is 0 Å². The van der Waals surface area contributed by atoms with Crippen molar-refractivity contribution in [3.05, 3.63) is 0 Å². The normalized spacial score (nSPS) is 13.8. The average Bonchev–Trinajstić information content (AvgIpc) is 2.25. The molecule has 0 saturated carbocycles. The molecule has 0 spiro atoms. The number of ether oxygens (including phenoxy) is 2. The molecular formula is C10H20NO7P. The van der Waals surface area contributed by atoms with Crippen molar-refractivity contribution < 1.29 is 34.0 Å². The minimum absolute atomic E-state index is 0.186. The van der Waals surface area contributed by atoms with Gasteiger partial charge in [-0.15, -0.1) is 0 Å². The summed E-state index contributed by atoms with van der Waals surface area (Å²) in [4.78, 5) is 39.6. The van der Waals surface area contributed by atoms with E-state index in [1.165, 1.54) is 6.92 Å². The van der Waals surface area contributed by atoms with Gasteiger partial charge < -0.3 is 29.7 Å². The van der Waals surface area contributed by atoms with Crippen molar-refractivity contribution in [2.75, 3.05) is 12.7 Å². The fraction of sp³-hybridized carbons (Fsp3) is 0.800. The number of aliphatic hydroxyl groups is 1. The summed E-state index contributed by atoms with van der Waals surface area (Å²) in [6.45, 7) is 3.02. The van der Waals surface area contributed by atoms with E-state index < -0.39 is 32.8 Å². The van der Waals surface area contributed by atoms with Crippen LogP contribution >= 0.6 is 8.38 Å². The molecule has 19 heavy (non-hydrogen) atoms. The second kappa shape index (κ2) is 9.91. The van der Waals surface area contributed by atoms with Crippen LogP contribution in [0.15, 0.2) is 0 Å². The number of hydrogen-bond acceptors (Lipinski definition) is 7. The van der Waals surface area contributed by atoms with Crippen LogP contribution in [0.4, 0.5) is 4.79 Å². The lowest BCUT2D eigenvalue weighted by molar-refractivity contribution is -0.164. The van der Waals surface area contributed by atoms with Gasteiger partial charge in [0.25, 0.3) is 0 Å². The SMILES string of the molecule is CCCC(=O)OC(C)OC(=O)NC[C@@H](O)CP(O)O. The van der Waals surface area contributed by atoms with E-state index >= 15 is 0 Å². The first-order chi connectivity index (χ1) is 8.85. The van der Waals surface area contributed by atoms with Gasteiger partial charge >= 0.3 is 12.1 Å². The van der Waals surface area contributed by atoms with E-state index in [-0.39, 0.29) is 19.1 Å². The lowest BCUT2D eigenvalue weighted by Gasteiger charge is -2.16. The number of nitrogens with one attached hydrogen (secondary N) is 1. The van der Waals surface area contributed by atoms with Crippen LogP contribution in [0, 0.1) is 0 Å². The topological polar surface area (TPSA) is 125 Å². The molecule has 9 heteroatoms. The van der Waals surface area contributed by atoms with Crippen LogP contribution in [0.25, 0.3) is 0 Å². The monoisotopic (exact) mass is 297 g/mol. The highest BCUT2D eigenvalue weighted by Crippen LogP contribution is 2.23. The highest BCUT2D eigenvalue weighted by Gasteiger charge is 2.15. The molecule has 112 valence electrons. The molecule has 0 aliphatic heterocycles. The van der Waals surface area contributed by atoms with Gasteiger partial charge in [0.05, 0.1) is 6.10 Å². The fourth-order valence-electron chi connectivity index (χ4n) is 1.12. The summed E-state index contributed by atoms with van der Waals surface area (Å²) >= 11 is 0. The Kier molecular flexibility index (Phi) is 9.42. The second-order valence-electron chi connectivity index (χ2n) is 3.80. The van der Waals surface area contributed by atoms with Crippen molar-refractivity contribution in [3.8, 4) is 0 Å². The Morgan fingerprint density at radius 1 is 1.32 bits per heavy atom. The molecule has 8 nitrogen and oxygen atoms in total. The van der Waals surface area contributed by atoms with E-state index in [9.17, 15) is 14.7 Å². The Balaban J connectivity index is 3.81. The maximum atomic E-state index is 11.2. The summed E-state index contributed by atoms with van der Waals surface area (Å²) < 4.78 is 9.47. The van der Waals surface area contributed by atoms with Crippen LogP contribution < -0.4 is 5.32 Å². The second-order valence-corrected chi connectivity index (χ2v) is 4.91. The molecular weight excluding hydrogens is 277 g/mol. The fourth-order valence-corrected chi connectivity index (χ4v) is 1.62. The third-order valence-electron chi connectivity index (χ3n) is 1.88. The first kappa shape index (κ1) is 18.0. The van der Waals surface area contributed by atoms with Crippen molar-refractivity contribution in [2.45, 2.75) is 39.1 Å². The maximum Gasteiger partial charge on any atom is 0.410 e. The van der Waals surface area contributed by atoms with E-state index in [4.69, 9.17) is 19.3 Å². The van der Waals surface area contributed by atoms with Gasteiger partial charge in [-0.05, 0) is 6.42 Å². The van der Waals surface area contributed by atoms with E-state index in [1.807, 2.05) is 6.92 Å². The van der Waals surface area contributed by atoms with Crippen molar-refractivity contribution in [1.82, 2.24) is 5.32 Å². The minimum atomic E-state index is -2.21. The summed E-state index contributed by atoms with van der Waals surface area (Å²) in [5, 5.41) is 11.5. The summed E-state index contributed by atoms with van der Waals surface area (Å²) in [6.07, 6.45) is -2.32. The predicted molar refractivity (Wildman–Crippen MR) is 67.2 cm³/mol. The van der Waals surface area contributed by atoms with Crippen LogP contribution in [0.2, 0.25) is 0 Å². The Morgan fingerprint density at radius 2 is 1.95 bits per heavy atom. The molecule has 0 saturated heterocycles. The number of alkyl carbamates (subject to hydrolysis) is 1. The third-order valence-corrected chi connectivity index (χ3v) is 2.63. The van der Waals surface area contributed by atoms with E-state index in [0.717, 1.165) is 0 Å². The van der Waals surface area contributed by atoms with Crippen LogP contribution in [0.1, 0.15) is 26.7 Å². The van der Waals surface area contributed by atoms with Crippen LogP contribution in [-0.4, -0.2) is 52.1 Å². The Bertz CT molecular complexity index is 287. The third kappa shape index (κ3) is 10.6. The van der Waals surface area contributed by atoms with Gasteiger partial charge in [-0.1, -0.05) is 6.92 Å². The Labute approximate surface area is 112 Å². The molecule has 0 aromatic carbocycles. The number of hydrogen-bond donors (Lipinski definition) is 4. The molecule has 0 fully saturated rings. The van der Waals surface area contributed by atoms with Crippen LogP contribution in [-0.2, 0) is 14.3 Å². The Hall–Kier alpha value is -0.950. The number of rotatable bonds is 8. The molecule has 0 aromatic rings. The largest absolute Gasteiger partial charge is 0.425 e. The van der Waals surface area contributed by atoms with Gasteiger partial charge in [0, 0.05) is 26.1 Å². The predicted octanol–water partition coefficient (Wildman–Crippen LogP) is 0.0593. The van der Waals surface area contributed by atoms with E-state index in [2.05, 4.69) is 5.32 Å². The number of carbonyl (C=O) groups excluding carboxylic acids is 2. The van der Waals surface area contributed by atoms with Gasteiger partial charge in [-0.3, -0.25) is 4.79 Å². The zero-order chi connectivity index (χ0) is 14.8. The molecule has 0 aliphatic rings. The number of esters is 1. The standard InChI is InChI=1S/C10H20NO7P/c1-3-4-9(13)17-7(2)18-10(14)11-5-8(12)6-19(15)16/h7-8,12,15-16H,3-6H2,1-2H3,(H,11,14)/t7?,8-/m1/s1. The van der Waals surface area contributed by atoms with Gasteiger partial charge in [-0.2, -0.15) is 0 Å². The summed E-state index contributed by atoms with van der Waals surface area (Å²) in [6, 6.07) is 0. The molecule has 0 aliphatic carbocycles. The van der Waals surface area contributed by atoms with Gasteiger partial charge in [0.15, 0.2) is 8.38 Å². The molecule has 0 rings (SSSR count). The van der Waals surface area contributed by atoms with Gasteiger partial charge in [0.2, 0.25) is 6.29 Å². The first-order valence-corrected chi connectivity index (χ1v) is 7.25. The van der Waals surface area contributed by atoms with Gasteiger partial charge in [-0.25, -0.2) is 4.79 Å². The number of carbonyl (C=O) groups is 2. The molecule has 1 unspecified atom stereocenters. The lowest BCUT2D eigenvalue weighted by atomic mass is 10.3. The molecule has 4 N–H and O–H groups in total. The quantitative estimate of drug-likeness (QED) is 0.283. The maximum absolute atomic E-state index is 11.2. The van der Waals surface area contributed by atoms with Crippen molar-refractivity contribution in [2.24, 2.45) is 0 Å². The zero-order valence-corrected chi connectivity index (χ0v) is 11.8. The Morgan fingerprint density at radius 3 is 2.47 bits per heavy atom. The highest BCUT2D eigenvalue weighted by atomic mass is 31.2. The summed E-state index contributed by atoms with van der Waals surface area (Å²) in [5.74, 6) is -0.464. The first-order valence-electron chi connectivity index (χ1n) is 5.82. The molecule has 0 radical (unpaired) electrons. The van der Waals surface area contributed by atoms with Crippen LogP contribution in [0.5, 0.6) is 0 Å². The minimum Gasteiger partial charge on any atom is -0.425 e. The summed E-state index contributed by atoms with van der Waals surface area (Å²) in [7, 11) is -2.21. The number of aliphatic hydroxyl groups excluding tert-OH is 1. The smallest absolute Gasteiger partial charge is 0.410 e. The molecule has 1 amide bonds. The van der Waals surface area contributed by atoms with E-state index in [0.29, 0.717) is 6.42 Å². The van der Waals surface area contributed by atoms with Gasteiger partial charge in [0.1, 0.15) is 0 Å². The molecule has 0 bridgehead atoms. The molecule has 0 aromatic heterocycles. The van der Waals surface area contributed by atoms with Crippen molar-refractivity contribution in [1.29, 1.82) is 0 Å². The highest BCUT2D eigenvalue weighted by molar-refractivity contribution is 7.45. The average molecular weight is 297 g/mol. The van der Waals surface area contributed by atoms with Crippen molar-refractivity contribution in [3.63, 3.8) is 0 Å². The lowest BCUT2D eigenvalue weighted by Crippen LogP contribution is -2.36. The molecule has 0 heterocycles. The summed E-state index contributed by atoms with van der Waals surface area (Å²) in [5.41, 5.74) is 0. The molecule has 2 atom stereocenters.